The number of nitrogens with zero attached hydrogens (tertiary/aromatic N) is 2. The fraction of sp³-hybridized carbons (Fsp3) is 0.487. The number of anilines is 1. The molecule has 14 nitrogen and oxygen atoms in total. The van der Waals surface area contributed by atoms with Crippen molar-refractivity contribution in [2.24, 2.45) is 0 Å². The fourth-order valence-electron chi connectivity index (χ4n) is 7.09. The van der Waals surface area contributed by atoms with Gasteiger partial charge in [0.15, 0.2) is 0 Å². The van der Waals surface area contributed by atoms with Gasteiger partial charge < -0.3 is 19.2 Å². The normalized spacial score (nSPS) is 17.0. The number of aliphatic carboxylic acids is 1. The number of hydrogen-bond donors (Lipinski definition) is 3. The molecular weight excluding hydrogens is 829 g/mol. The summed E-state index contributed by atoms with van der Waals surface area (Å²) in [7, 11) is -9.78. The van der Waals surface area contributed by atoms with Gasteiger partial charge in [-0.25, -0.2) is 26.1 Å². The Balaban J connectivity index is 0.00000580. The molecule has 0 radical (unpaired) electrons. The summed E-state index contributed by atoms with van der Waals surface area (Å²) in [6.07, 6.45) is 11.3. The van der Waals surface area contributed by atoms with Crippen molar-refractivity contribution in [2.45, 2.75) is 69.1 Å². The predicted octanol–water partition coefficient (Wildman–Crippen LogP) is -1.47. The monoisotopic (exact) mass is 882 g/mol. The zero-order valence-corrected chi connectivity index (χ0v) is 40.9. The van der Waals surface area contributed by atoms with Crippen molar-refractivity contribution in [2.75, 3.05) is 62.6 Å². The summed E-state index contributed by atoms with van der Waals surface area (Å²) < 4.78 is 98.7. The third kappa shape index (κ3) is 14.9. The molecule has 3 N–H and O–H groups in total. The molecule has 0 spiro atoms. The molecule has 0 bridgehead atoms. The van der Waals surface area contributed by atoms with Gasteiger partial charge in [0.1, 0.15) is 28.7 Å². The van der Waals surface area contributed by atoms with E-state index in [9.17, 15) is 34.6 Å². The standard InChI is InChI=1S/C39H53N3O11S3.2Na/c1-5-41(22-11-26-54(4,45)46)31-15-17-33-30(19-24-53-36(33)28-31)12-9-13-37-39(2,20-10-27-55(47,48)49)34-29-32(56(50,51)40-21-25-52-3)16-18-35(34)42(37)23-8-6-7-14-38(43)44;;/h9,12-13,15-19,24,28-29,40H,5-8,10-11,14,20-23,25-27H2,1-4H3,(H-,43,44,47,48,49);;/q;2*+1/p+1. The second-order valence-electron chi connectivity index (χ2n) is 14.2. The van der Waals surface area contributed by atoms with Crippen molar-refractivity contribution in [3.8, 4) is 11.3 Å². The first-order valence-electron chi connectivity index (χ1n) is 18.6. The zero-order chi connectivity index (χ0) is 41.1. The number of hydrogen-bond acceptors (Lipinski definition) is 10. The minimum atomic E-state index is -4.27. The molecule has 1 unspecified atom stereocenters. The van der Waals surface area contributed by atoms with Crippen molar-refractivity contribution >= 4 is 47.7 Å². The van der Waals surface area contributed by atoms with Crippen LogP contribution in [0.5, 0.6) is 0 Å². The number of carbonyl (C=O) groups is 1. The number of carboxylic acid groups (broad SMARTS) is 1. The average molecular weight is 883 g/mol. The maximum atomic E-state index is 13.3. The number of fused-ring (bicyclic) bond motifs is 2. The van der Waals surface area contributed by atoms with Crippen molar-refractivity contribution in [1.29, 1.82) is 0 Å². The van der Waals surface area contributed by atoms with E-state index < -0.39 is 47.1 Å². The molecule has 0 aromatic heterocycles. The van der Waals surface area contributed by atoms with Crippen LogP contribution in [0.3, 0.4) is 0 Å². The molecule has 19 heteroatoms. The van der Waals surface area contributed by atoms with Gasteiger partial charge >= 0.3 is 65.1 Å². The summed E-state index contributed by atoms with van der Waals surface area (Å²) in [6, 6.07) is 12.6. The van der Waals surface area contributed by atoms with E-state index in [1.54, 1.807) is 18.4 Å². The number of nitrogens with one attached hydrogen (secondary N) is 1. The van der Waals surface area contributed by atoms with Crippen LogP contribution in [0.2, 0.25) is 0 Å². The summed E-state index contributed by atoms with van der Waals surface area (Å²) in [6.45, 7) is 5.94. The van der Waals surface area contributed by atoms with Gasteiger partial charge in [0.25, 0.3) is 10.1 Å². The van der Waals surface area contributed by atoms with Crippen LogP contribution in [-0.4, -0.2) is 98.5 Å². The van der Waals surface area contributed by atoms with E-state index in [1.807, 2.05) is 56.3 Å². The molecule has 58 heavy (non-hydrogen) atoms. The van der Waals surface area contributed by atoms with Crippen LogP contribution in [0.25, 0.3) is 17.4 Å². The Kier molecular flexibility index (Phi) is 21.1. The summed E-state index contributed by atoms with van der Waals surface area (Å²) in [5, 5.41) is 10.1. The summed E-state index contributed by atoms with van der Waals surface area (Å²) >= 11 is 0. The molecular formula is C39H54N3Na2O11S3+3. The number of ether oxygens (including phenoxy) is 1. The van der Waals surface area contributed by atoms with Crippen molar-refractivity contribution in [3.05, 3.63) is 83.1 Å². The molecule has 2 aliphatic heterocycles. The Morgan fingerprint density at radius 2 is 1.72 bits per heavy atom. The second kappa shape index (κ2) is 23.4. The van der Waals surface area contributed by atoms with E-state index in [-0.39, 0.29) is 102 Å². The number of carboxylic acids is 1. The first kappa shape index (κ1) is 52.3. The molecule has 1 aromatic rings. The quantitative estimate of drug-likeness (QED) is 0.0459. The minimum Gasteiger partial charge on any atom is -0.481 e. The van der Waals surface area contributed by atoms with Crippen molar-refractivity contribution < 1.29 is 108 Å². The molecule has 0 fully saturated rings. The molecule has 0 saturated carbocycles. The van der Waals surface area contributed by atoms with Crippen molar-refractivity contribution in [1.82, 2.24) is 9.30 Å². The van der Waals surface area contributed by atoms with Crippen LogP contribution >= 0.6 is 0 Å². The van der Waals surface area contributed by atoms with Gasteiger partial charge in [-0.05, 0) is 87.1 Å². The molecule has 308 valence electrons. The van der Waals surface area contributed by atoms with Gasteiger partial charge in [0.05, 0.1) is 35.3 Å². The maximum absolute atomic E-state index is 13.3. The van der Waals surface area contributed by atoms with Gasteiger partial charge in [-0.3, -0.25) is 9.35 Å². The summed E-state index contributed by atoms with van der Waals surface area (Å²) in [5.74, 6) is -0.601. The van der Waals surface area contributed by atoms with Crippen LogP contribution in [0, 0.1) is 0 Å². The van der Waals surface area contributed by atoms with Gasteiger partial charge in [0.2, 0.25) is 15.4 Å². The Morgan fingerprint density at radius 1 is 0.983 bits per heavy atom. The summed E-state index contributed by atoms with van der Waals surface area (Å²) in [5.41, 5.74) is 3.04. The molecule has 0 saturated heterocycles. The number of sulfone groups is 1. The van der Waals surface area contributed by atoms with Crippen LogP contribution in [0.15, 0.2) is 75.9 Å². The summed E-state index contributed by atoms with van der Waals surface area (Å²) in [4.78, 5) is 13.3. The SMILES string of the molecule is CC[N+](CCCS(C)(=O)=O)=c1ccc2c(/C=C/C=C3/N(CCCCCC(=O)O)c4ccc(S(=O)(=O)NCCOC)cc4C3(C)CCCS(=O)(=O)O)ccoc-2c1.[Na+].[Na+]. The number of rotatable bonds is 22. The van der Waals surface area contributed by atoms with E-state index in [1.165, 1.54) is 19.4 Å². The van der Waals surface area contributed by atoms with E-state index in [0.29, 0.717) is 56.6 Å². The first-order chi connectivity index (χ1) is 26.4. The number of methoxy groups -OCH3 is 1. The van der Waals surface area contributed by atoms with Gasteiger partial charge in [-0.1, -0.05) is 18.6 Å². The van der Waals surface area contributed by atoms with E-state index >= 15 is 0 Å². The maximum Gasteiger partial charge on any atom is 1.00 e. The predicted molar refractivity (Wildman–Crippen MR) is 217 cm³/mol. The van der Waals surface area contributed by atoms with Crippen LogP contribution in [0.4, 0.5) is 5.69 Å². The minimum absolute atomic E-state index is 0. The number of allylic oxidation sites excluding steroid dienone is 3. The third-order valence-corrected chi connectivity index (χ3v) is 13.2. The molecule has 2 heterocycles. The molecule has 1 atom stereocenters. The first-order valence-corrected chi connectivity index (χ1v) is 23.8. The van der Waals surface area contributed by atoms with E-state index in [0.717, 1.165) is 27.9 Å². The van der Waals surface area contributed by atoms with Gasteiger partial charge in [-0.15, -0.1) is 0 Å². The average Bonchev–Trinajstić information content (AvgIpc) is 3.34. The third-order valence-electron chi connectivity index (χ3n) is 9.91. The smallest absolute Gasteiger partial charge is 0.481 e. The zero-order valence-electron chi connectivity index (χ0n) is 34.4. The topological polar surface area (TPSA) is 201 Å². The van der Waals surface area contributed by atoms with Crippen LogP contribution in [-0.2, 0) is 44.9 Å². The largest absolute Gasteiger partial charge is 1.00 e. The second-order valence-corrected chi connectivity index (χ2v) is 19.8. The van der Waals surface area contributed by atoms with Crippen LogP contribution in [0.1, 0.15) is 69.9 Å². The van der Waals surface area contributed by atoms with E-state index in [4.69, 9.17) is 14.3 Å². The van der Waals surface area contributed by atoms with Crippen molar-refractivity contribution in [3.63, 3.8) is 0 Å². The molecule has 1 aliphatic carbocycles. The number of unbranched alkanes of at least 4 members (excludes halogenated alkanes) is 2. The molecule has 0 amide bonds. The van der Waals surface area contributed by atoms with E-state index in [2.05, 4.69) is 14.2 Å². The Morgan fingerprint density at radius 3 is 2.38 bits per heavy atom. The Bertz CT molecular complexity index is 2290. The van der Waals surface area contributed by atoms with Gasteiger partial charge in [0, 0.05) is 67.7 Å². The molecule has 3 aliphatic rings. The molecule has 4 rings (SSSR count). The fourth-order valence-corrected chi connectivity index (χ4v) is 9.29. The Labute approximate surface area is 387 Å². The number of sulfonamides is 1. The Hall–Kier alpha value is -1.87. The molecule has 1 aromatic carbocycles. The van der Waals surface area contributed by atoms with Crippen LogP contribution < -0.4 is 78.7 Å². The van der Waals surface area contributed by atoms with Gasteiger partial charge in [-0.2, -0.15) is 8.42 Å². The number of benzene rings is 2.